The molecule has 90 valence electrons. The molecule has 0 spiro atoms. The van der Waals surface area contributed by atoms with E-state index in [4.69, 9.17) is 15.7 Å². The summed E-state index contributed by atoms with van der Waals surface area (Å²) in [6.07, 6.45) is 3.10. The lowest BCUT2D eigenvalue weighted by Gasteiger charge is -2.16. The summed E-state index contributed by atoms with van der Waals surface area (Å²) in [5.41, 5.74) is 6.78. The van der Waals surface area contributed by atoms with Gasteiger partial charge in [0.25, 0.3) is 0 Å². The van der Waals surface area contributed by atoms with Gasteiger partial charge in [-0.15, -0.1) is 6.58 Å². The largest absolute Gasteiger partial charge is 0.504 e. The second-order valence-corrected chi connectivity index (χ2v) is 3.66. The van der Waals surface area contributed by atoms with E-state index >= 15 is 0 Å². The van der Waals surface area contributed by atoms with Gasteiger partial charge in [-0.05, 0) is 25.0 Å². The Morgan fingerprint density at radius 2 is 2.35 bits per heavy atom. The fourth-order valence-electron chi connectivity index (χ4n) is 1.67. The zero-order valence-corrected chi connectivity index (χ0v) is 9.81. The number of ether oxygens (including phenoxy) is 1. The van der Waals surface area contributed by atoms with Gasteiger partial charge in [0.15, 0.2) is 11.5 Å². The van der Waals surface area contributed by atoms with Crippen molar-refractivity contribution in [2.75, 3.05) is 7.11 Å². The van der Waals surface area contributed by atoms with Crippen LogP contribution in [-0.4, -0.2) is 12.2 Å². The number of hydrogen-bond acceptors (Lipinski definition) is 4. The minimum absolute atomic E-state index is 0.0527. The van der Waals surface area contributed by atoms with Crippen LogP contribution in [0.4, 0.5) is 0 Å². The van der Waals surface area contributed by atoms with Crippen LogP contribution >= 0.6 is 0 Å². The monoisotopic (exact) mass is 232 g/mol. The van der Waals surface area contributed by atoms with Crippen molar-refractivity contribution in [2.24, 2.45) is 5.73 Å². The van der Waals surface area contributed by atoms with Gasteiger partial charge >= 0.3 is 0 Å². The smallest absolute Gasteiger partial charge is 0.163 e. The Morgan fingerprint density at radius 1 is 1.65 bits per heavy atom. The van der Waals surface area contributed by atoms with Crippen LogP contribution in [0.15, 0.2) is 24.8 Å². The second kappa shape index (κ2) is 5.92. The molecule has 0 saturated heterocycles. The molecule has 0 saturated carbocycles. The molecule has 0 aliphatic rings. The highest BCUT2D eigenvalue weighted by atomic mass is 16.5. The van der Waals surface area contributed by atoms with Gasteiger partial charge in [0.2, 0.25) is 0 Å². The van der Waals surface area contributed by atoms with Gasteiger partial charge in [0.05, 0.1) is 18.7 Å². The van der Waals surface area contributed by atoms with Crippen molar-refractivity contribution in [3.63, 3.8) is 0 Å². The number of rotatable bonds is 5. The van der Waals surface area contributed by atoms with Crippen LogP contribution in [0.3, 0.4) is 0 Å². The van der Waals surface area contributed by atoms with Crippen LogP contribution in [0.25, 0.3) is 0 Å². The molecule has 0 unspecified atom stereocenters. The molecule has 0 radical (unpaired) electrons. The van der Waals surface area contributed by atoms with E-state index in [1.54, 1.807) is 18.2 Å². The maximum absolute atomic E-state index is 9.99. The Morgan fingerprint density at radius 3 is 2.88 bits per heavy atom. The maximum atomic E-state index is 9.99. The average molecular weight is 232 g/mol. The minimum Gasteiger partial charge on any atom is -0.504 e. The highest BCUT2D eigenvalue weighted by molar-refractivity contribution is 5.55. The highest BCUT2D eigenvalue weighted by Gasteiger charge is 2.18. The lowest BCUT2D eigenvalue weighted by atomic mass is 9.96. The second-order valence-electron chi connectivity index (χ2n) is 3.66. The Bertz CT molecular complexity index is 449. The van der Waals surface area contributed by atoms with Crippen molar-refractivity contribution < 1.29 is 9.84 Å². The molecular formula is C13H16N2O2. The fourth-order valence-corrected chi connectivity index (χ4v) is 1.67. The van der Waals surface area contributed by atoms with Gasteiger partial charge in [-0.25, -0.2) is 0 Å². The summed E-state index contributed by atoms with van der Waals surface area (Å²) in [4.78, 5) is 0. The topological polar surface area (TPSA) is 79.3 Å². The Kier molecular flexibility index (Phi) is 4.56. The van der Waals surface area contributed by atoms with Gasteiger partial charge in [0, 0.05) is 11.6 Å². The number of phenols is 1. The highest BCUT2D eigenvalue weighted by Crippen LogP contribution is 2.36. The van der Waals surface area contributed by atoms with Crippen molar-refractivity contribution >= 4 is 0 Å². The molecule has 0 heterocycles. The number of nitrogens with zero attached hydrogens (tertiary/aromatic N) is 1. The first-order valence-corrected chi connectivity index (χ1v) is 5.32. The normalized spacial score (nSPS) is 11.6. The van der Waals surface area contributed by atoms with E-state index in [0.29, 0.717) is 23.3 Å². The van der Waals surface area contributed by atoms with Gasteiger partial charge in [0.1, 0.15) is 0 Å². The van der Waals surface area contributed by atoms with Crippen LogP contribution in [0.2, 0.25) is 0 Å². The Hall–Kier alpha value is -1.99. The Balaban J connectivity index is 3.18. The van der Waals surface area contributed by atoms with Crippen molar-refractivity contribution in [1.29, 1.82) is 5.26 Å². The van der Waals surface area contributed by atoms with Gasteiger partial charge in [-0.2, -0.15) is 5.26 Å². The quantitative estimate of drug-likeness (QED) is 0.763. The van der Waals surface area contributed by atoms with Gasteiger partial charge in [-0.1, -0.05) is 6.08 Å². The summed E-state index contributed by atoms with van der Waals surface area (Å²) in [5, 5.41) is 19.0. The maximum Gasteiger partial charge on any atom is 0.163 e. The zero-order valence-electron chi connectivity index (χ0n) is 9.81. The number of aromatic hydroxyl groups is 1. The summed E-state index contributed by atoms with van der Waals surface area (Å²) in [6, 6.07) is 4.77. The number of benzene rings is 1. The van der Waals surface area contributed by atoms with Crippen LogP contribution in [-0.2, 0) is 0 Å². The SMILES string of the molecule is C=CCC[C@@H](N)c1c(C#N)ccc(OC)c1O. The van der Waals surface area contributed by atoms with E-state index in [2.05, 4.69) is 6.58 Å². The molecule has 0 fully saturated rings. The van der Waals surface area contributed by atoms with Crippen molar-refractivity contribution in [2.45, 2.75) is 18.9 Å². The molecular weight excluding hydrogens is 216 g/mol. The Labute approximate surface area is 101 Å². The first-order valence-electron chi connectivity index (χ1n) is 5.32. The summed E-state index contributed by atoms with van der Waals surface area (Å²) < 4.78 is 5.00. The summed E-state index contributed by atoms with van der Waals surface area (Å²) in [5.74, 6) is 0.274. The first kappa shape index (κ1) is 13.1. The molecule has 1 rings (SSSR count). The molecule has 1 atom stereocenters. The zero-order chi connectivity index (χ0) is 12.8. The average Bonchev–Trinajstić information content (AvgIpc) is 2.35. The molecule has 1 aromatic carbocycles. The minimum atomic E-state index is -0.405. The van der Waals surface area contributed by atoms with E-state index < -0.39 is 6.04 Å². The third kappa shape index (κ3) is 2.77. The lowest BCUT2D eigenvalue weighted by Crippen LogP contribution is -2.12. The van der Waals surface area contributed by atoms with E-state index in [1.165, 1.54) is 7.11 Å². The number of allylic oxidation sites excluding steroid dienone is 1. The molecule has 0 aliphatic carbocycles. The van der Waals surface area contributed by atoms with E-state index in [1.807, 2.05) is 6.07 Å². The number of hydrogen-bond donors (Lipinski definition) is 2. The molecule has 4 heteroatoms. The van der Waals surface area contributed by atoms with Crippen LogP contribution < -0.4 is 10.5 Å². The summed E-state index contributed by atoms with van der Waals surface area (Å²) in [7, 11) is 1.46. The van der Waals surface area contributed by atoms with Crippen LogP contribution in [0, 0.1) is 11.3 Å². The number of nitriles is 1. The molecule has 17 heavy (non-hydrogen) atoms. The molecule has 0 amide bonds. The predicted octanol–water partition coefficient (Wildman–Crippen LogP) is 2.24. The van der Waals surface area contributed by atoms with Crippen LogP contribution in [0.1, 0.15) is 30.0 Å². The van der Waals surface area contributed by atoms with Crippen molar-refractivity contribution in [3.05, 3.63) is 35.9 Å². The molecule has 0 bridgehead atoms. The van der Waals surface area contributed by atoms with E-state index in [9.17, 15) is 5.11 Å². The van der Waals surface area contributed by atoms with E-state index in [0.717, 1.165) is 6.42 Å². The molecule has 4 nitrogen and oxygen atoms in total. The van der Waals surface area contributed by atoms with Crippen molar-refractivity contribution in [1.82, 2.24) is 0 Å². The fraction of sp³-hybridized carbons (Fsp3) is 0.308. The molecule has 3 N–H and O–H groups in total. The van der Waals surface area contributed by atoms with Gasteiger partial charge < -0.3 is 15.6 Å². The first-order chi connectivity index (χ1) is 8.15. The standard InChI is InChI=1S/C13H16N2O2/c1-3-4-5-10(15)12-9(8-14)6-7-11(17-2)13(12)16/h3,6-7,10,16H,1,4-5,15H2,2H3/t10-/m1/s1. The lowest BCUT2D eigenvalue weighted by molar-refractivity contribution is 0.367. The molecule has 1 aromatic rings. The summed E-state index contributed by atoms with van der Waals surface area (Å²) in [6.45, 7) is 3.62. The third-order valence-corrected chi connectivity index (χ3v) is 2.57. The number of methoxy groups -OCH3 is 1. The summed E-state index contributed by atoms with van der Waals surface area (Å²) >= 11 is 0. The third-order valence-electron chi connectivity index (χ3n) is 2.57. The number of phenolic OH excluding ortho intramolecular Hbond substituents is 1. The van der Waals surface area contributed by atoms with Gasteiger partial charge in [-0.3, -0.25) is 0 Å². The molecule has 0 aliphatic heterocycles. The van der Waals surface area contributed by atoms with Crippen molar-refractivity contribution in [3.8, 4) is 17.6 Å². The van der Waals surface area contributed by atoms with Crippen LogP contribution in [0.5, 0.6) is 11.5 Å². The molecule has 0 aromatic heterocycles. The number of nitrogens with two attached hydrogens (primary N) is 1. The predicted molar refractivity (Wildman–Crippen MR) is 65.7 cm³/mol. The van der Waals surface area contributed by atoms with E-state index in [-0.39, 0.29) is 5.75 Å².